The molecule has 1 N–H and O–H groups in total. The molecule has 2 fully saturated rings. The largest absolute Gasteiger partial charge is 0.310 e. The van der Waals surface area contributed by atoms with Gasteiger partial charge in [0.2, 0.25) is 0 Å². The molecule has 0 aromatic carbocycles. The monoisotopic (exact) mass is 238 g/mol. The van der Waals surface area contributed by atoms with Crippen molar-refractivity contribution in [3.63, 3.8) is 0 Å². The van der Waals surface area contributed by atoms with Gasteiger partial charge in [0.25, 0.3) is 0 Å². The lowest BCUT2D eigenvalue weighted by molar-refractivity contribution is 0.0782. The summed E-state index contributed by atoms with van der Waals surface area (Å²) < 4.78 is 0. The molecule has 1 unspecified atom stereocenters. The number of likely N-dealkylation sites (tertiary alicyclic amines) is 1. The van der Waals surface area contributed by atoms with E-state index in [0.29, 0.717) is 11.0 Å². The molecule has 2 rings (SSSR count). The van der Waals surface area contributed by atoms with Crippen molar-refractivity contribution in [3.8, 4) is 0 Å². The second-order valence-electron chi connectivity index (χ2n) is 6.57. The number of nitrogens with zero attached hydrogens (tertiary/aromatic N) is 1. The van der Waals surface area contributed by atoms with E-state index in [-0.39, 0.29) is 0 Å². The molecule has 0 bridgehead atoms. The minimum atomic E-state index is 0.401. The molecule has 17 heavy (non-hydrogen) atoms. The highest BCUT2D eigenvalue weighted by molar-refractivity contribution is 4.93. The third kappa shape index (κ3) is 3.03. The predicted molar refractivity (Wildman–Crippen MR) is 74.3 cm³/mol. The Hall–Kier alpha value is -0.0800. The van der Waals surface area contributed by atoms with Gasteiger partial charge in [-0.25, -0.2) is 0 Å². The van der Waals surface area contributed by atoms with Crippen LogP contribution in [0.5, 0.6) is 0 Å². The van der Waals surface area contributed by atoms with Crippen LogP contribution in [0.2, 0.25) is 0 Å². The molecule has 0 radical (unpaired) electrons. The van der Waals surface area contributed by atoms with E-state index in [1.54, 1.807) is 0 Å². The Kier molecular flexibility index (Phi) is 4.14. The number of nitrogens with one attached hydrogen (secondary N) is 1. The minimum Gasteiger partial charge on any atom is -0.310 e. The Morgan fingerprint density at radius 2 is 1.71 bits per heavy atom. The smallest absolute Gasteiger partial charge is 0.0280 e. The highest BCUT2D eigenvalue weighted by atomic mass is 15.2. The van der Waals surface area contributed by atoms with Gasteiger partial charge in [-0.05, 0) is 57.7 Å². The molecule has 0 spiro atoms. The van der Waals surface area contributed by atoms with Crippen molar-refractivity contribution >= 4 is 0 Å². The molecule has 100 valence electrons. The fourth-order valence-electron chi connectivity index (χ4n) is 3.73. The Morgan fingerprint density at radius 1 is 1.06 bits per heavy atom. The van der Waals surface area contributed by atoms with Crippen LogP contribution in [0, 0.1) is 5.41 Å². The van der Waals surface area contributed by atoms with Gasteiger partial charge in [-0.1, -0.05) is 26.7 Å². The van der Waals surface area contributed by atoms with Gasteiger partial charge in [0.05, 0.1) is 0 Å². The zero-order valence-corrected chi connectivity index (χ0v) is 12.0. The molecule has 0 aliphatic carbocycles. The molecule has 0 saturated carbocycles. The molecule has 0 aromatic rings. The molecule has 2 nitrogen and oxygen atoms in total. The maximum absolute atomic E-state index is 3.69. The zero-order chi connectivity index (χ0) is 12.4. The summed E-state index contributed by atoms with van der Waals surface area (Å²) >= 11 is 0. The summed E-state index contributed by atoms with van der Waals surface area (Å²) in [5.74, 6) is 0. The van der Waals surface area contributed by atoms with Crippen LogP contribution in [0.4, 0.5) is 0 Å². The van der Waals surface area contributed by atoms with Crippen LogP contribution in [0.25, 0.3) is 0 Å². The lowest BCUT2D eigenvalue weighted by atomic mass is 9.74. The van der Waals surface area contributed by atoms with Crippen molar-refractivity contribution < 1.29 is 0 Å². The average molecular weight is 238 g/mol. The van der Waals surface area contributed by atoms with Crippen LogP contribution in [0.15, 0.2) is 0 Å². The first-order valence-electron chi connectivity index (χ1n) is 7.59. The molecule has 2 heterocycles. The number of hydrogen-bond acceptors (Lipinski definition) is 2. The van der Waals surface area contributed by atoms with Gasteiger partial charge in [-0.2, -0.15) is 0 Å². The van der Waals surface area contributed by atoms with Gasteiger partial charge < -0.3 is 10.2 Å². The van der Waals surface area contributed by atoms with Crippen molar-refractivity contribution in [2.24, 2.45) is 5.41 Å². The van der Waals surface area contributed by atoms with Crippen molar-refractivity contribution in [2.75, 3.05) is 26.2 Å². The minimum absolute atomic E-state index is 0.401. The molecule has 2 saturated heterocycles. The van der Waals surface area contributed by atoms with Crippen LogP contribution in [0.1, 0.15) is 59.3 Å². The summed E-state index contributed by atoms with van der Waals surface area (Å²) in [5.41, 5.74) is 1.07. The zero-order valence-electron chi connectivity index (χ0n) is 12.0. The molecule has 0 aromatic heterocycles. The van der Waals surface area contributed by atoms with Crippen LogP contribution in [-0.2, 0) is 0 Å². The quantitative estimate of drug-likeness (QED) is 0.810. The summed E-state index contributed by atoms with van der Waals surface area (Å²) in [6, 6.07) is 0. The second kappa shape index (κ2) is 5.27. The van der Waals surface area contributed by atoms with E-state index in [0.717, 1.165) is 0 Å². The molecular formula is C15H30N2. The van der Waals surface area contributed by atoms with Gasteiger partial charge in [0.15, 0.2) is 0 Å². The maximum atomic E-state index is 3.69. The first-order chi connectivity index (χ1) is 8.11. The fraction of sp³-hybridized carbons (Fsp3) is 1.00. The van der Waals surface area contributed by atoms with Crippen LogP contribution in [0.3, 0.4) is 0 Å². The molecule has 2 heteroatoms. The fourth-order valence-corrected chi connectivity index (χ4v) is 3.73. The normalized spacial score (nSPS) is 34.1. The Morgan fingerprint density at radius 3 is 2.18 bits per heavy atom. The molecule has 2 aliphatic rings. The second-order valence-corrected chi connectivity index (χ2v) is 6.57. The highest BCUT2D eigenvalue weighted by Gasteiger charge is 2.35. The van der Waals surface area contributed by atoms with Crippen LogP contribution in [-0.4, -0.2) is 36.6 Å². The predicted octanol–water partition coefficient (Wildman–Crippen LogP) is 3.03. The maximum Gasteiger partial charge on any atom is 0.0280 e. The SMILES string of the molecule is CCC1(CC)CCN(CC2(C)CCCN2)CC1. The Balaban J connectivity index is 1.83. The number of piperidine rings is 1. The van der Waals surface area contributed by atoms with Crippen molar-refractivity contribution in [3.05, 3.63) is 0 Å². The van der Waals surface area contributed by atoms with Gasteiger partial charge in [-0.15, -0.1) is 0 Å². The van der Waals surface area contributed by atoms with Gasteiger partial charge in [0, 0.05) is 12.1 Å². The summed E-state index contributed by atoms with van der Waals surface area (Å²) in [5, 5.41) is 3.69. The first-order valence-corrected chi connectivity index (χ1v) is 7.59. The Labute approximate surface area is 107 Å². The molecule has 2 aliphatic heterocycles. The van der Waals surface area contributed by atoms with Gasteiger partial charge >= 0.3 is 0 Å². The summed E-state index contributed by atoms with van der Waals surface area (Å²) in [6.45, 7) is 12.3. The number of rotatable bonds is 4. The standard InChI is InChI=1S/C15H30N2/c1-4-15(5-2)8-11-17(12-9-15)13-14(3)7-6-10-16-14/h16H,4-13H2,1-3H3. The van der Waals surface area contributed by atoms with E-state index in [2.05, 4.69) is 31.0 Å². The van der Waals surface area contributed by atoms with Crippen molar-refractivity contribution in [1.29, 1.82) is 0 Å². The highest BCUT2D eigenvalue weighted by Crippen LogP contribution is 2.38. The Bertz CT molecular complexity index is 229. The summed E-state index contributed by atoms with van der Waals surface area (Å²) in [4.78, 5) is 2.70. The van der Waals surface area contributed by atoms with Crippen molar-refractivity contribution in [2.45, 2.75) is 64.8 Å². The van der Waals surface area contributed by atoms with E-state index in [1.807, 2.05) is 0 Å². The lowest BCUT2D eigenvalue weighted by Crippen LogP contribution is -2.50. The first kappa shape index (κ1) is 13.4. The van der Waals surface area contributed by atoms with E-state index in [9.17, 15) is 0 Å². The van der Waals surface area contributed by atoms with Crippen molar-refractivity contribution in [1.82, 2.24) is 10.2 Å². The van der Waals surface area contributed by atoms with E-state index in [4.69, 9.17) is 0 Å². The van der Waals surface area contributed by atoms with Crippen LogP contribution < -0.4 is 5.32 Å². The third-order valence-corrected chi connectivity index (χ3v) is 5.45. The van der Waals surface area contributed by atoms with E-state index >= 15 is 0 Å². The van der Waals surface area contributed by atoms with Gasteiger partial charge in [-0.3, -0.25) is 0 Å². The molecular weight excluding hydrogens is 208 g/mol. The molecule has 0 amide bonds. The van der Waals surface area contributed by atoms with Gasteiger partial charge in [0.1, 0.15) is 0 Å². The average Bonchev–Trinajstić information content (AvgIpc) is 2.77. The molecule has 1 atom stereocenters. The third-order valence-electron chi connectivity index (χ3n) is 5.45. The summed E-state index contributed by atoms with van der Waals surface area (Å²) in [7, 11) is 0. The number of hydrogen-bond donors (Lipinski definition) is 1. The summed E-state index contributed by atoms with van der Waals surface area (Å²) in [6.07, 6.45) is 8.28. The topological polar surface area (TPSA) is 15.3 Å². The van der Waals surface area contributed by atoms with Crippen LogP contribution >= 0.6 is 0 Å². The van der Waals surface area contributed by atoms with E-state index < -0.39 is 0 Å². The van der Waals surface area contributed by atoms with E-state index in [1.165, 1.54) is 64.7 Å². The lowest BCUT2D eigenvalue weighted by Gasteiger charge is -2.43.